The quantitative estimate of drug-likeness (QED) is 0.518. The number of carbonyl (C=O) groups excluding carboxylic acids is 1. The molecule has 0 atom stereocenters. The van der Waals surface area contributed by atoms with Crippen molar-refractivity contribution in [2.24, 2.45) is 0 Å². The molecule has 1 heterocycles. The van der Waals surface area contributed by atoms with Crippen LogP contribution in [0.25, 0.3) is 16.9 Å². The summed E-state index contributed by atoms with van der Waals surface area (Å²) in [5.74, 6) is 0.861. The van der Waals surface area contributed by atoms with Crippen molar-refractivity contribution in [3.63, 3.8) is 0 Å². The molecule has 0 saturated carbocycles. The normalized spacial score (nSPS) is 11.7. The molecule has 6 heteroatoms. The zero-order valence-corrected chi connectivity index (χ0v) is 15.7. The minimum Gasteiger partial charge on any atom is -0.493 e. The summed E-state index contributed by atoms with van der Waals surface area (Å²) in [5, 5.41) is 4.57. The number of rotatable bonds is 4. The molecule has 0 fully saturated rings. The van der Waals surface area contributed by atoms with E-state index in [9.17, 15) is 4.79 Å². The third-order valence-electron chi connectivity index (χ3n) is 4.87. The van der Waals surface area contributed by atoms with Crippen LogP contribution in [0.3, 0.4) is 0 Å². The van der Waals surface area contributed by atoms with Gasteiger partial charge < -0.3 is 14.2 Å². The first kappa shape index (κ1) is 17.1. The Kier molecular flexibility index (Phi) is 4.11. The van der Waals surface area contributed by atoms with Crippen LogP contribution in [0.1, 0.15) is 27.2 Å². The van der Waals surface area contributed by atoms with Gasteiger partial charge in [-0.15, -0.1) is 0 Å². The molecule has 0 radical (unpaired) electrons. The molecule has 0 N–H and O–H groups in total. The summed E-state index contributed by atoms with van der Waals surface area (Å²) in [7, 11) is 4.59. The van der Waals surface area contributed by atoms with Crippen molar-refractivity contribution in [1.29, 1.82) is 0 Å². The van der Waals surface area contributed by atoms with Crippen LogP contribution in [0.4, 0.5) is 0 Å². The first-order valence-corrected chi connectivity index (χ1v) is 8.60. The first-order chi connectivity index (χ1) is 13.1. The van der Waals surface area contributed by atoms with Crippen LogP contribution in [0.2, 0.25) is 0 Å². The zero-order chi connectivity index (χ0) is 19.1. The molecule has 0 saturated heterocycles. The maximum absolute atomic E-state index is 12.3. The van der Waals surface area contributed by atoms with Crippen LogP contribution in [0, 0.1) is 6.92 Å². The van der Waals surface area contributed by atoms with Gasteiger partial charge in [-0.2, -0.15) is 5.10 Å². The first-order valence-electron chi connectivity index (χ1n) is 8.60. The molecule has 0 amide bonds. The Morgan fingerprint density at radius 1 is 1.04 bits per heavy atom. The van der Waals surface area contributed by atoms with E-state index < -0.39 is 5.97 Å². The van der Waals surface area contributed by atoms with Crippen LogP contribution >= 0.6 is 0 Å². The number of fused-ring (bicyclic) bond motifs is 3. The lowest BCUT2D eigenvalue weighted by Gasteiger charge is -2.12. The maximum atomic E-state index is 12.3. The lowest BCUT2D eigenvalue weighted by atomic mass is 10.1. The van der Waals surface area contributed by atoms with Crippen molar-refractivity contribution in [2.45, 2.75) is 13.3 Å². The standard InChI is InChI=1S/C21H20N2O4/c1-12-5-7-14(8-6-12)23-20-15-11-18(26-3)17(25-2)10-13(15)9-16(20)19(22-23)21(24)27-4/h5-8,10-11H,9H2,1-4H3. The number of hydrogen-bond acceptors (Lipinski definition) is 5. The van der Waals surface area contributed by atoms with Crippen molar-refractivity contribution in [2.75, 3.05) is 21.3 Å². The monoisotopic (exact) mass is 364 g/mol. The molecule has 4 rings (SSSR count). The van der Waals surface area contributed by atoms with E-state index in [0.717, 1.165) is 33.6 Å². The van der Waals surface area contributed by atoms with Crippen LogP contribution in [0.15, 0.2) is 36.4 Å². The summed E-state index contributed by atoms with van der Waals surface area (Å²) >= 11 is 0. The van der Waals surface area contributed by atoms with Crippen LogP contribution in [-0.2, 0) is 11.2 Å². The third-order valence-corrected chi connectivity index (χ3v) is 4.87. The molecule has 1 aromatic heterocycles. The van der Waals surface area contributed by atoms with Crippen molar-refractivity contribution >= 4 is 5.97 Å². The zero-order valence-electron chi connectivity index (χ0n) is 15.7. The smallest absolute Gasteiger partial charge is 0.358 e. The second kappa shape index (κ2) is 6.46. The van der Waals surface area contributed by atoms with Crippen LogP contribution < -0.4 is 9.47 Å². The summed E-state index contributed by atoms with van der Waals surface area (Å²) in [5.41, 5.74) is 6.15. The fourth-order valence-corrected chi connectivity index (χ4v) is 3.51. The second-order valence-electron chi connectivity index (χ2n) is 6.46. The average Bonchev–Trinajstić information content (AvgIpc) is 3.23. The Bertz CT molecular complexity index is 1040. The molecule has 0 unspecified atom stereocenters. The highest BCUT2D eigenvalue weighted by atomic mass is 16.5. The lowest BCUT2D eigenvalue weighted by molar-refractivity contribution is 0.0592. The van der Waals surface area contributed by atoms with Gasteiger partial charge >= 0.3 is 5.97 Å². The van der Waals surface area contributed by atoms with Gasteiger partial charge in [0.1, 0.15) is 0 Å². The fraction of sp³-hybridized carbons (Fsp3) is 0.238. The highest BCUT2D eigenvalue weighted by Gasteiger charge is 2.32. The molecule has 6 nitrogen and oxygen atoms in total. The lowest BCUT2D eigenvalue weighted by Crippen LogP contribution is -2.07. The van der Waals surface area contributed by atoms with E-state index in [0.29, 0.717) is 23.6 Å². The number of carbonyl (C=O) groups is 1. The van der Waals surface area contributed by atoms with E-state index in [1.807, 2.05) is 43.3 Å². The van der Waals surface area contributed by atoms with Gasteiger partial charge in [0, 0.05) is 17.5 Å². The van der Waals surface area contributed by atoms with Gasteiger partial charge in [0.25, 0.3) is 0 Å². The highest BCUT2D eigenvalue weighted by Crippen LogP contribution is 2.44. The predicted molar refractivity (Wildman–Crippen MR) is 101 cm³/mol. The number of nitrogens with zero attached hydrogens (tertiary/aromatic N) is 2. The topological polar surface area (TPSA) is 62.6 Å². The van der Waals surface area contributed by atoms with Gasteiger partial charge in [0.15, 0.2) is 17.2 Å². The van der Waals surface area contributed by atoms with Crippen LogP contribution in [-0.4, -0.2) is 37.1 Å². The molecule has 0 bridgehead atoms. The Labute approximate surface area is 157 Å². The molecule has 2 aromatic carbocycles. The summed E-state index contributed by atoms with van der Waals surface area (Å²) in [4.78, 5) is 12.3. The van der Waals surface area contributed by atoms with Gasteiger partial charge in [-0.3, -0.25) is 0 Å². The van der Waals surface area contributed by atoms with E-state index in [2.05, 4.69) is 5.10 Å². The molecule has 1 aliphatic carbocycles. The molecule has 0 spiro atoms. The van der Waals surface area contributed by atoms with Crippen LogP contribution in [0.5, 0.6) is 11.5 Å². The largest absolute Gasteiger partial charge is 0.493 e. The molecule has 1 aliphatic rings. The SMILES string of the molecule is COC(=O)c1nn(-c2ccc(C)cc2)c2c1Cc1cc(OC)c(OC)cc1-2. The third kappa shape index (κ3) is 2.65. The Morgan fingerprint density at radius 2 is 1.70 bits per heavy atom. The van der Waals surface area contributed by atoms with Gasteiger partial charge in [-0.1, -0.05) is 17.7 Å². The molecular weight excluding hydrogens is 344 g/mol. The van der Waals surface area contributed by atoms with E-state index in [4.69, 9.17) is 14.2 Å². The predicted octanol–water partition coefficient (Wildman–Crippen LogP) is 3.56. The number of hydrogen-bond donors (Lipinski definition) is 0. The molecule has 0 aliphatic heterocycles. The Morgan fingerprint density at radius 3 is 2.33 bits per heavy atom. The minimum atomic E-state index is -0.441. The number of benzene rings is 2. The van der Waals surface area contributed by atoms with Crippen molar-refractivity contribution in [1.82, 2.24) is 9.78 Å². The maximum Gasteiger partial charge on any atom is 0.358 e. The summed E-state index contributed by atoms with van der Waals surface area (Å²) < 4.78 is 17.7. The number of ether oxygens (including phenoxy) is 3. The summed E-state index contributed by atoms with van der Waals surface area (Å²) in [6, 6.07) is 11.9. The summed E-state index contributed by atoms with van der Waals surface area (Å²) in [6.45, 7) is 2.03. The molecular formula is C21H20N2O4. The van der Waals surface area contributed by atoms with Gasteiger partial charge in [0.2, 0.25) is 0 Å². The van der Waals surface area contributed by atoms with Crippen molar-refractivity contribution in [3.8, 4) is 28.4 Å². The number of methoxy groups -OCH3 is 3. The molecule has 3 aromatic rings. The fourth-order valence-electron chi connectivity index (χ4n) is 3.51. The number of aromatic nitrogens is 2. The van der Waals surface area contributed by atoms with E-state index in [1.165, 1.54) is 7.11 Å². The molecule has 138 valence electrons. The second-order valence-corrected chi connectivity index (χ2v) is 6.46. The van der Waals surface area contributed by atoms with E-state index >= 15 is 0 Å². The minimum absolute atomic E-state index is 0.335. The van der Waals surface area contributed by atoms with Crippen molar-refractivity contribution in [3.05, 3.63) is 58.8 Å². The van der Waals surface area contributed by atoms with Gasteiger partial charge in [-0.25, -0.2) is 9.48 Å². The number of esters is 1. The highest BCUT2D eigenvalue weighted by molar-refractivity contribution is 5.94. The van der Waals surface area contributed by atoms with Gasteiger partial charge in [0.05, 0.1) is 32.7 Å². The van der Waals surface area contributed by atoms with Crippen molar-refractivity contribution < 1.29 is 19.0 Å². The summed E-state index contributed by atoms with van der Waals surface area (Å²) in [6.07, 6.45) is 0.585. The Balaban J connectivity index is 1.97. The number of aryl methyl sites for hydroxylation is 1. The van der Waals surface area contributed by atoms with E-state index in [-0.39, 0.29) is 0 Å². The molecule has 27 heavy (non-hydrogen) atoms. The van der Waals surface area contributed by atoms with E-state index in [1.54, 1.807) is 18.9 Å². The Hall–Kier alpha value is -3.28. The van der Waals surface area contributed by atoms with Gasteiger partial charge in [-0.05, 0) is 36.8 Å². The average molecular weight is 364 g/mol.